The third kappa shape index (κ3) is 3.32. The predicted molar refractivity (Wildman–Crippen MR) is 78.3 cm³/mol. The number of ether oxygens (including phenoxy) is 1. The van der Waals surface area contributed by atoms with Crippen molar-refractivity contribution in [1.82, 2.24) is 10.2 Å². The van der Waals surface area contributed by atoms with Crippen LogP contribution in [-0.2, 0) is 14.3 Å². The smallest absolute Gasteiger partial charge is 0.248 e. The Balaban J connectivity index is 3.04. The molecular formula is C15H28N2O3. The van der Waals surface area contributed by atoms with E-state index in [1.54, 1.807) is 18.9 Å². The molecule has 1 heterocycles. The van der Waals surface area contributed by atoms with Crippen LogP contribution in [0.1, 0.15) is 47.5 Å². The number of rotatable bonds is 5. The number of carbonyl (C=O) groups excluding carboxylic acids is 2. The summed E-state index contributed by atoms with van der Waals surface area (Å²) in [5, 5.41) is 2.91. The highest BCUT2D eigenvalue weighted by Gasteiger charge is 2.50. The van der Waals surface area contributed by atoms with Gasteiger partial charge in [-0.25, -0.2) is 0 Å². The minimum absolute atomic E-state index is 0.00984. The first-order valence-electron chi connectivity index (χ1n) is 7.29. The van der Waals surface area contributed by atoms with Crippen LogP contribution < -0.4 is 5.32 Å². The number of piperazine rings is 1. The Morgan fingerprint density at radius 2 is 1.95 bits per heavy atom. The van der Waals surface area contributed by atoms with Gasteiger partial charge in [0.15, 0.2) is 0 Å². The summed E-state index contributed by atoms with van der Waals surface area (Å²) < 4.78 is 5.06. The molecule has 0 bridgehead atoms. The minimum atomic E-state index is -0.786. The van der Waals surface area contributed by atoms with Gasteiger partial charge in [-0.2, -0.15) is 0 Å². The molecule has 0 saturated carbocycles. The van der Waals surface area contributed by atoms with Gasteiger partial charge >= 0.3 is 0 Å². The monoisotopic (exact) mass is 284 g/mol. The quantitative estimate of drug-likeness (QED) is 0.780. The van der Waals surface area contributed by atoms with Crippen LogP contribution in [-0.4, -0.2) is 48.6 Å². The molecule has 0 radical (unpaired) electrons. The van der Waals surface area contributed by atoms with Gasteiger partial charge in [-0.1, -0.05) is 27.7 Å². The molecule has 0 aromatic heterocycles. The first kappa shape index (κ1) is 17.0. The SMILES string of the molecule is CCC1(C)NC(=O)C(C(C)(C)C)N(CCCOC)C1=O. The third-order valence-corrected chi connectivity index (χ3v) is 3.97. The van der Waals surface area contributed by atoms with Gasteiger partial charge in [-0.05, 0) is 25.2 Å². The predicted octanol–water partition coefficient (Wildman–Crippen LogP) is 1.56. The second-order valence-corrected chi connectivity index (χ2v) is 6.79. The van der Waals surface area contributed by atoms with Gasteiger partial charge in [0.05, 0.1) is 0 Å². The molecular weight excluding hydrogens is 256 g/mol. The van der Waals surface area contributed by atoms with E-state index in [1.165, 1.54) is 0 Å². The van der Waals surface area contributed by atoms with Gasteiger partial charge in [0.2, 0.25) is 11.8 Å². The molecule has 0 spiro atoms. The molecule has 0 aromatic carbocycles. The van der Waals surface area contributed by atoms with Gasteiger partial charge in [-0.3, -0.25) is 9.59 Å². The van der Waals surface area contributed by atoms with Gasteiger partial charge < -0.3 is 15.0 Å². The lowest BCUT2D eigenvalue weighted by atomic mass is 9.80. The molecule has 1 saturated heterocycles. The van der Waals surface area contributed by atoms with Crippen LogP contribution in [0.3, 0.4) is 0 Å². The summed E-state index contributed by atoms with van der Waals surface area (Å²) in [6, 6.07) is -0.425. The van der Waals surface area contributed by atoms with E-state index in [0.29, 0.717) is 19.6 Å². The number of amides is 2. The van der Waals surface area contributed by atoms with Gasteiger partial charge in [0.1, 0.15) is 11.6 Å². The minimum Gasteiger partial charge on any atom is -0.385 e. The number of methoxy groups -OCH3 is 1. The molecule has 1 aliphatic rings. The molecule has 1 rings (SSSR count). The average molecular weight is 284 g/mol. The second-order valence-electron chi connectivity index (χ2n) is 6.79. The molecule has 2 atom stereocenters. The van der Waals surface area contributed by atoms with Crippen molar-refractivity contribution in [3.05, 3.63) is 0 Å². The van der Waals surface area contributed by atoms with Crippen LogP contribution in [0.2, 0.25) is 0 Å². The van der Waals surface area contributed by atoms with Crippen molar-refractivity contribution < 1.29 is 14.3 Å². The summed E-state index contributed by atoms with van der Waals surface area (Å²) in [6.07, 6.45) is 1.33. The maximum Gasteiger partial charge on any atom is 0.248 e. The highest BCUT2D eigenvalue weighted by Crippen LogP contribution is 2.31. The van der Waals surface area contributed by atoms with E-state index in [0.717, 1.165) is 6.42 Å². The van der Waals surface area contributed by atoms with Crippen molar-refractivity contribution in [2.45, 2.75) is 59.0 Å². The van der Waals surface area contributed by atoms with Crippen LogP contribution in [0.4, 0.5) is 0 Å². The average Bonchev–Trinajstić information content (AvgIpc) is 2.33. The van der Waals surface area contributed by atoms with E-state index in [4.69, 9.17) is 4.74 Å². The Hall–Kier alpha value is -1.10. The molecule has 5 heteroatoms. The number of nitrogens with zero attached hydrogens (tertiary/aromatic N) is 1. The van der Waals surface area contributed by atoms with Gasteiger partial charge in [-0.15, -0.1) is 0 Å². The number of carbonyl (C=O) groups is 2. The first-order chi connectivity index (χ1) is 9.17. The Bertz CT molecular complexity index is 376. The van der Waals surface area contributed by atoms with E-state index in [1.807, 2.05) is 27.7 Å². The van der Waals surface area contributed by atoms with Crippen molar-refractivity contribution in [3.8, 4) is 0 Å². The molecule has 116 valence electrons. The summed E-state index contributed by atoms with van der Waals surface area (Å²) in [5.74, 6) is -0.0468. The summed E-state index contributed by atoms with van der Waals surface area (Å²) >= 11 is 0. The van der Waals surface area contributed by atoms with Gasteiger partial charge in [0, 0.05) is 20.3 Å². The third-order valence-electron chi connectivity index (χ3n) is 3.97. The fraction of sp³-hybridized carbons (Fsp3) is 0.867. The molecule has 5 nitrogen and oxygen atoms in total. The van der Waals surface area contributed by atoms with Crippen LogP contribution >= 0.6 is 0 Å². The van der Waals surface area contributed by atoms with Gasteiger partial charge in [0.25, 0.3) is 0 Å². The van der Waals surface area contributed by atoms with Crippen molar-refractivity contribution in [2.24, 2.45) is 5.41 Å². The molecule has 1 aliphatic heterocycles. The molecule has 2 unspecified atom stereocenters. The zero-order valence-electron chi connectivity index (χ0n) is 13.6. The van der Waals surface area contributed by atoms with Crippen molar-refractivity contribution in [2.75, 3.05) is 20.3 Å². The zero-order valence-corrected chi connectivity index (χ0v) is 13.6. The Kier molecular flexibility index (Phi) is 5.19. The first-order valence-corrected chi connectivity index (χ1v) is 7.29. The summed E-state index contributed by atoms with van der Waals surface area (Å²) in [7, 11) is 1.64. The van der Waals surface area contributed by atoms with Crippen LogP contribution in [0.15, 0.2) is 0 Å². The summed E-state index contributed by atoms with van der Waals surface area (Å²) in [5.41, 5.74) is -1.08. The fourth-order valence-electron chi connectivity index (χ4n) is 2.68. The lowest BCUT2D eigenvalue weighted by Gasteiger charge is -2.48. The van der Waals surface area contributed by atoms with Crippen molar-refractivity contribution in [3.63, 3.8) is 0 Å². The standard InChI is InChI=1S/C15H28N2O3/c1-7-15(5)13(19)17(9-8-10-20-6)11(12(18)16-15)14(2,3)4/h11H,7-10H2,1-6H3,(H,16,18). The van der Waals surface area contributed by atoms with Crippen molar-refractivity contribution >= 4 is 11.8 Å². The topological polar surface area (TPSA) is 58.6 Å². The Morgan fingerprint density at radius 1 is 1.35 bits per heavy atom. The second kappa shape index (κ2) is 6.12. The van der Waals surface area contributed by atoms with Crippen molar-refractivity contribution in [1.29, 1.82) is 0 Å². The molecule has 1 fully saturated rings. The molecule has 0 aromatic rings. The summed E-state index contributed by atoms with van der Waals surface area (Å²) in [4.78, 5) is 27.0. The molecule has 0 aliphatic carbocycles. The van der Waals surface area contributed by atoms with Crippen LogP contribution in [0.25, 0.3) is 0 Å². The number of hydrogen-bond acceptors (Lipinski definition) is 3. The Labute approximate surface area is 122 Å². The summed E-state index contributed by atoms with van der Waals surface area (Å²) in [6.45, 7) is 10.8. The Morgan fingerprint density at radius 3 is 2.40 bits per heavy atom. The molecule has 2 amide bonds. The molecule has 1 N–H and O–H groups in total. The molecule has 20 heavy (non-hydrogen) atoms. The lowest BCUT2D eigenvalue weighted by molar-refractivity contribution is -0.159. The van der Waals surface area contributed by atoms with Crippen LogP contribution in [0, 0.1) is 5.41 Å². The maximum absolute atomic E-state index is 12.7. The van der Waals surface area contributed by atoms with E-state index in [2.05, 4.69) is 5.32 Å². The van der Waals surface area contributed by atoms with E-state index in [-0.39, 0.29) is 17.2 Å². The number of nitrogens with one attached hydrogen (secondary N) is 1. The highest BCUT2D eigenvalue weighted by molar-refractivity contribution is 5.99. The van der Waals surface area contributed by atoms with E-state index >= 15 is 0 Å². The fourth-order valence-corrected chi connectivity index (χ4v) is 2.68. The van der Waals surface area contributed by atoms with Crippen LogP contribution in [0.5, 0.6) is 0 Å². The highest BCUT2D eigenvalue weighted by atomic mass is 16.5. The zero-order chi connectivity index (χ0) is 15.6. The largest absolute Gasteiger partial charge is 0.385 e. The number of hydrogen-bond donors (Lipinski definition) is 1. The lowest BCUT2D eigenvalue weighted by Crippen LogP contribution is -2.71. The normalized spacial score (nSPS) is 27.7. The van der Waals surface area contributed by atoms with E-state index < -0.39 is 11.6 Å². The maximum atomic E-state index is 12.7. The van der Waals surface area contributed by atoms with E-state index in [9.17, 15) is 9.59 Å².